The van der Waals surface area contributed by atoms with Crippen LogP contribution in [0.4, 0.5) is 4.39 Å². The minimum absolute atomic E-state index is 0.0721. The molecule has 5 rings (SSSR count). The third kappa shape index (κ3) is 3.78. The van der Waals surface area contributed by atoms with Gasteiger partial charge in [-0.05, 0) is 12.1 Å². The Bertz CT molecular complexity index is 1110. The van der Waals surface area contributed by atoms with Crippen LogP contribution in [-0.2, 0) is 19.0 Å². The van der Waals surface area contributed by atoms with Crippen LogP contribution in [0.5, 0.6) is 0 Å². The van der Waals surface area contributed by atoms with E-state index < -0.39 is 48.5 Å². The maximum Gasteiger partial charge on any atom is 0.335 e. The van der Waals surface area contributed by atoms with E-state index in [0.29, 0.717) is 11.3 Å². The van der Waals surface area contributed by atoms with Gasteiger partial charge in [0.05, 0.1) is 12.8 Å². The first-order valence-electron chi connectivity index (χ1n) is 10.1. The van der Waals surface area contributed by atoms with Gasteiger partial charge >= 0.3 is 5.97 Å². The van der Waals surface area contributed by atoms with E-state index in [2.05, 4.69) is 10.3 Å². The van der Waals surface area contributed by atoms with Crippen LogP contribution in [0.2, 0.25) is 0 Å². The number of hydrogen-bond acceptors (Lipinski definition) is 7. The number of carboxylic acids is 1. The molecular formula is C22H20FN3O6. The molecule has 0 bridgehead atoms. The second kappa shape index (κ2) is 8.40. The lowest BCUT2D eigenvalue weighted by Crippen LogP contribution is -2.61. The fourth-order valence-corrected chi connectivity index (χ4v) is 4.10. The minimum atomic E-state index is -1.50. The molecule has 32 heavy (non-hydrogen) atoms. The van der Waals surface area contributed by atoms with Gasteiger partial charge in [-0.25, -0.2) is 13.9 Å². The molecule has 0 amide bonds. The van der Waals surface area contributed by atoms with Crippen molar-refractivity contribution in [3.63, 3.8) is 0 Å². The number of aliphatic hydroxyl groups excluding tert-OH is 1. The first kappa shape index (κ1) is 20.7. The number of rotatable bonds is 4. The number of halogens is 1. The van der Waals surface area contributed by atoms with Gasteiger partial charge in [-0.15, -0.1) is 5.10 Å². The van der Waals surface area contributed by atoms with Crippen molar-refractivity contribution >= 4 is 5.97 Å². The molecule has 6 atom stereocenters. The van der Waals surface area contributed by atoms with Crippen molar-refractivity contribution in [3.05, 3.63) is 72.2 Å². The zero-order valence-corrected chi connectivity index (χ0v) is 16.7. The van der Waals surface area contributed by atoms with Gasteiger partial charge in [-0.1, -0.05) is 47.7 Å². The Morgan fingerprint density at radius 2 is 1.94 bits per heavy atom. The summed E-state index contributed by atoms with van der Waals surface area (Å²) in [7, 11) is 0. The number of aromatic nitrogens is 3. The van der Waals surface area contributed by atoms with Crippen LogP contribution in [0, 0.1) is 5.82 Å². The molecule has 0 saturated carbocycles. The van der Waals surface area contributed by atoms with Crippen LogP contribution in [0.25, 0.3) is 11.3 Å². The molecule has 166 valence electrons. The average molecular weight is 441 g/mol. The fourth-order valence-electron chi connectivity index (χ4n) is 4.10. The van der Waals surface area contributed by atoms with Crippen molar-refractivity contribution in [1.29, 1.82) is 0 Å². The summed E-state index contributed by atoms with van der Waals surface area (Å²) >= 11 is 0. The Morgan fingerprint density at radius 3 is 2.69 bits per heavy atom. The van der Waals surface area contributed by atoms with E-state index in [1.165, 1.54) is 23.0 Å². The smallest absolute Gasteiger partial charge is 0.335 e. The van der Waals surface area contributed by atoms with Crippen molar-refractivity contribution in [3.8, 4) is 11.3 Å². The Balaban J connectivity index is 1.49. The monoisotopic (exact) mass is 441 g/mol. The highest BCUT2D eigenvalue weighted by molar-refractivity contribution is 5.73. The Hall–Kier alpha value is -3.18. The quantitative estimate of drug-likeness (QED) is 0.631. The predicted molar refractivity (Wildman–Crippen MR) is 107 cm³/mol. The Morgan fingerprint density at radius 1 is 1.12 bits per heavy atom. The van der Waals surface area contributed by atoms with Crippen molar-refractivity contribution in [1.82, 2.24) is 15.0 Å². The number of ether oxygens (including phenoxy) is 3. The summed E-state index contributed by atoms with van der Waals surface area (Å²) in [5.41, 5.74) is 1.65. The van der Waals surface area contributed by atoms with Crippen LogP contribution in [-0.4, -0.2) is 62.2 Å². The van der Waals surface area contributed by atoms with E-state index in [0.717, 1.165) is 5.56 Å². The first-order valence-corrected chi connectivity index (χ1v) is 10.1. The summed E-state index contributed by atoms with van der Waals surface area (Å²) in [5.74, 6) is -1.73. The maximum atomic E-state index is 13.6. The molecule has 2 aromatic carbocycles. The lowest BCUT2D eigenvalue weighted by molar-refractivity contribution is -0.314. The Kier molecular flexibility index (Phi) is 5.43. The molecule has 1 aromatic heterocycles. The lowest BCUT2D eigenvalue weighted by Gasteiger charge is -2.47. The molecule has 2 saturated heterocycles. The van der Waals surface area contributed by atoms with Crippen LogP contribution in [0.3, 0.4) is 0 Å². The van der Waals surface area contributed by atoms with E-state index in [1.807, 2.05) is 30.3 Å². The van der Waals surface area contributed by atoms with Crippen LogP contribution >= 0.6 is 0 Å². The number of aliphatic carboxylic acids is 1. The third-order valence-corrected chi connectivity index (χ3v) is 5.63. The number of nitrogens with zero attached hydrogens (tertiary/aromatic N) is 3. The number of benzene rings is 2. The molecule has 2 fully saturated rings. The first-order chi connectivity index (χ1) is 15.5. The molecule has 2 aliphatic rings. The third-order valence-electron chi connectivity index (χ3n) is 5.63. The molecule has 10 heteroatoms. The van der Waals surface area contributed by atoms with Crippen LogP contribution in [0.15, 0.2) is 60.8 Å². The number of carbonyl (C=O) groups is 1. The molecule has 0 radical (unpaired) electrons. The maximum absolute atomic E-state index is 13.6. The van der Waals surface area contributed by atoms with Crippen molar-refractivity contribution < 1.29 is 33.6 Å². The van der Waals surface area contributed by atoms with Crippen molar-refractivity contribution in [2.75, 3.05) is 6.61 Å². The van der Waals surface area contributed by atoms with E-state index in [-0.39, 0.29) is 6.61 Å². The van der Waals surface area contributed by atoms with Gasteiger partial charge in [0.15, 0.2) is 12.4 Å². The highest BCUT2D eigenvalue weighted by Crippen LogP contribution is 2.39. The van der Waals surface area contributed by atoms with E-state index >= 15 is 0 Å². The van der Waals surface area contributed by atoms with Crippen molar-refractivity contribution in [2.45, 2.75) is 36.7 Å². The van der Waals surface area contributed by atoms with Crippen LogP contribution < -0.4 is 0 Å². The van der Waals surface area contributed by atoms with Gasteiger partial charge in [0.2, 0.25) is 0 Å². The number of aliphatic hydroxyl groups is 1. The van der Waals surface area contributed by atoms with Gasteiger partial charge in [0.1, 0.15) is 35.9 Å². The summed E-state index contributed by atoms with van der Waals surface area (Å²) in [5, 5.41) is 28.6. The summed E-state index contributed by atoms with van der Waals surface area (Å²) in [6.07, 6.45) is -3.66. The fraction of sp³-hybridized carbons (Fsp3) is 0.318. The zero-order valence-electron chi connectivity index (χ0n) is 16.7. The summed E-state index contributed by atoms with van der Waals surface area (Å²) in [6.45, 7) is 0.0721. The second-order valence-corrected chi connectivity index (χ2v) is 7.69. The zero-order chi connectivity index (χ0) is 22.2. The SMILES string of the molecule is O=C(O)[C@@H]1O[C@@H]2COC(c3ccccc3)O[C@@H]2[C@H](n2cc(-c3cccc(F)c3)nn2)[C@H]1O. The van der Waals surface area contributed by atoms with Crippen molar-refractivity contribution in [2.24, 2.45) is 0 Å². The molecular weight excluding hydrogens is 421 g/mol. The number of carboxylic acid groups (broad SMARTS) is 1. The summed E-state index contributed by atoms with van der Waals surface area (Å²) in [4.78, 5) is 11.7. The Labute approximate surface area is 182 Å². The minimum Gasteiger partial charge on any atom is -0.479 e. The lowest BCUT2D eigenvalue weighted by atomic mass is 9.91. The number of hydrogen-bond donors (Lipinski definition) is 2. The molecule has 2 aliphatic heterocycles. The van der Waals surface area contributed by atoms with Gasteiger partial charge in [-0.3, -0.25) is 0 Å². The largest absolute Gasteiger partial charge is 0.479 e. The molecule has 2 N–H and O–H groups in total. The molecule has 3 aromatic rings. The molecule has 0 aliphatic carbocycles. The van der Waals surface area contributed by atoms with E-state index in [9.17, 15) is 19.4 Å². The molecule has 3 heterocycles. The van der Waals surface area contributed by atoms with Gasteiger partial charge in [0.25, 0.3) is 0 Å². The van der Waals surface area contributed by atoms with Gasteiger partial charge < -0.3 is 24.4 Å². The van der Waals surface area contributed by atoms with Gasteiger partial charge in [-0.2, -0.15) is 0 Å². The van der Waals surface area contributed by atoms with E-state index in [1.54, 1.807) is 12.1 Å². The van der Waals surface area contributed by atoms with Crippen LogP contribution in [0.1, 0.15) is 17.9 Å². The van der Waals surface area contributed by atoms with Gasteiger partial charge in [0, 0.05) is 11.1 Å². The predicted octanol–water partition coefficient (Wildman–Crippen LogP) is 1.95. The normalized spacial score (nSPS) is 29.9. The standard InChI is InChI=1S/C22H20FN3O6/c23-14-8-4-7-13(9-14)15-10-26(25-24-15)17-18(27)20(21(28)29)31-16-11-30-22(32-19(16)17)12-5-2-1-3-6-12/h1-10,16-20,22,27H,11H2,(H,28,29)/t16-,17-,18-,19+,20-,22?/m1/s1. The highest BCUT2D eigenvalue weighted by atomic mass is 19.1. The number of fused-ring (bicyclic) bond motifs is 1. The van der Waals surface area contributed by atoms with E-state index in [4.69, 9.17) is 14.2 Å². The molecule has 0 spiro atoms. The summed E-state index contributed by atoms with van der Waals surface area (Å²) < 4.78 is 32.5. The average Bonchev–Trinajstić information content (AvgIpc) is 3.28. The molecule has 9 nitrogen and oxygen atoms in total. The highest BCUT2D eigenvalue weighted by Gasteiger charge is 2.53. The second-order valence-electron chi connectivity index (χ2n) is 7.69. The topological polar surface area (TPSA) is 116 Å². The molecule has 1 unspecified atom stereocenters. The summed E-state index contributed by atoms with van der Waals surface area (Å²) in [6, 6.07) is 14.2.